The second-order valence-corrected chi connectivity index (χ2v) is 9.66. The Kier molecular flexibility index (Phi) is 5.83. The number of benzene rings is 3. The Morgan fingerprint density at radius 3 is 2.57 bits per heavy atom. The molecule has 2 unspecified atom stereocenters. The van der Waals surface area contributed by atoms with E-state index in [2.05, 4.69) is 0 Å². The van der Waals surface area contributed by atoms with E-state index in [1.807, 2.05) is 48.6 Å². The molecular weight excluding hydrogens is 472 g/mol. The van der Waals surface area contributed by atoms with E-state index in [0.717, 1.165) is 16.5 Å². The van der Waals surface area contributed by atoms with Crippen LogP contribution >= 0.6 is 0 Å². The van der Waals surface area contributed by atoms with Gasteiger partial charge in [0.15, 0.2) is 0 Å². The van der Waals surface area contributed by atoms with Gasteiger partial charge in [-0.3, -0.25) is 0 Å². The molecular formula is C30H26O7. The first-order valence-electron chi connectivity index (χ1n) is 12.2. The number of ether oxygens (including phenoxy) is 2. The van der Waals surface area contributed by atoms with Gasteiger partial charge in [-0.05, 0) is 57.8 Å². The normalized spacial score (nSPS) is 22.4. The lowest BCUT2D eigenvalue weighted by molar-refractivity contribution is -0.107. The monoisotopic (exact) mass is 498 g/mol. The number of fused-ring (bicyclic) bond motifs is 3. The van der Waals surface area contributed by atoms with Crippen LogP contribution in [0.4, 0.5) is 0 Å². The van der Waals surface area contributed by atoms with E-state index in [1.54, 1.807) is 18.2 Å². The Morgan fingerprint density at radius 2 is 1.86 bits per heavy atom. The van der Waals surface area contributed by atoms with Gasteiger partial charge in [-0.1, -0.05) is 36.4 Å². The number of aliphatic hydroxyl groups excluding tert-OH is 1. The molecule has 2 bridgehead atoms. The Morgan fingerprint density at radius 1 is 1.05 bits per heavy atom. The largest absolute Gasteiger partial charge is 0.489 e. The van der Waals surface area contributed by atoms with Gasteiger partial charge in [0.25, 0.3) is 0 Å². The van der Waals surface area contributed by atoms with Crippen molar-refractivity contribution < 1.29 is 34.0 Å². The van der Waals surface area contributed by atoms with Crippen LogP contribution in [-0.4, -0.2) is 33.5 Å². The number of rotatable bonds is 7. The molecule has 3 heterocycles. The van der Waals surface area contributed by atoms with Gasteiger partial charge >= 0.3 is 5.97 Å². The van der Waals surface area contributed by atoms with E-state index < -0.39 is 18.2 Å². The number of hydrogen-bond acceptors (Lipinski definition) is 6. The summed E-state index contributed by atoms with van der Waals surface area (Å²) in [6.45, 7) is -0.130. The number of aliphatic hydroxyl groups is 2. The summed E-state index contributed by atoms with van der Waals surface area (Å²) in [5, 5.41) is 32.6. The van der Waals surface area contributed by atoms with Crippen LogP contribution in [0.1, 0.15) is 39.9 Å². The fourth-order valence-corrected chi connectivity index (χ4v) is 5.51. The van der Waals surface area contributed by atoms with Crippen molar-refractivity contribution >= 4 is 16.7 Å². The van der Waals surface area contributed by atoms with Crippen LogP contribution in [0.2, 0.25) is 0 Å². The van der Waals surface area contributed by atoms with Crippen molar-refractivity contribution in [2.75, 3.05) is 0 Å². The number of furan rings is 1. The minimum absolute atomic E-state index is 0.0317. The smallest absolute Gasteiger partial charge is 0.336 e. The number of hydrogen-bond donors (Lipinski definition) is 3. The minimum atomic E-state index is -1.12. The van der Waals surface area contributed by atoms with Gasteiger partial charge in [0.2, 0.25) is 0 Å². The molecule has 37 heavy (non-hydrogen) atoms. The highest BCUT2D eigenvalue weighted by Crippen LogP contribution is 2.41. The van der Waals surface area contributed by atoms with Gasteiger partial charge in [0, 0.05) is 24.0 Å². The van der Waals surface area contributed by atoms with E-state index in [4.69, 9.17) is 13.9 Å². The molecule has 188 valence electrons. The molecule has 4 aromatic rings. The van der Waals surface area contributed by atoms with Crippen LogP contribution < -0.4 is 4.74 Å². The van der Waals surface area contributed by atoms with Gasteiger partial charge < -0.3 is 29.2 Å². The molecule has 2 aliphatic rings. The predicted octanol–water partition coefficient (Wildman–Crippen LogP) is 5.17. The third kappa shape index (κ3) is 4.31. The molecule has 2 atom stereocenters. The Balaban J connectivity index is 1.29. The lowest BCUT2D eigenvalue weighted by atomic mass is 9.82. The SMILES string of the molecule is O=C(O)c1cc2cc(OCc3cccc(C4(O)CC5C=CC(C4)O5)c3)ccc2c(-c2ccoc2)c1CO. The number of carbonyl (C=O) groups is 1. The zero-order chi connectivity index (χ0) is 25.6. The van der Waals surface area contributed by atoms with E-state index in [-0.39, 0.29) is 24.4 Å². The summed E-state index contributed by atoms with van der Waals surface area (Å²) in [6, 6.07) is 16.6. The van der Waals surface area contributed by atoms with E-state index >= 15 is 0 Å². The zero-order valence-corrected chi connectivity index (χ0v) is 20.0. The molecule has 1 fully saturated rings. The van der Waals surface area contributed by atoms with Crippen molar-refractivity contribution in [1.29, 1.82) is 0 Å². The van der Waals surface area contributed by atoms with Gasteiger partial charge in [-0.2, -0.15) is 0 Å². The van der Waals surface area contributed by atoms with Crippen molar-refractivity contribution in [3.8, 4) is 16.9 Å². The van der Waals surface area contributed by atoms with Crippen molar-refractivity contribution in [3.05, 3.63) is 102 Å². The standard InChI is InChI=1S/C30H26O7/c31-15-27-26(29(32)33)12-20-11-22(6-7-25(20)28(27)19-8-9-35-17-19)36-16-18-2-1-3-21(10-18)30(34)13-23-4-5-24(14-30)37-23/h1-12,17,23-24,31,34H,13-16H2,(H,32,33). The maximum atomic E-state index is 12.0. The summed E-state index contributed by atoms with van der Waals surface area (Å²) in [6.07, 6.45) is 8.01. The fourth-order valence-electron chi connectivity index (χ4n) is 5.51. The van der Waals surface area contributed by atoms with Crippen molar-refractivity contribution in [2.45, 2.75) is 43.9 Å². The van der Waals surface area contributed by atoms with Crippen molar-refractivity contribution in [3.63, 3.8) is 0 Å². The Labute approximate surface area is 213 Å². The molecule has 0 amide bonds. The molecule has 0 aliphatic carbocycles. The third-order valence-corrected chi connectivity index (χ3v) is 7.26. The van der Waals surface area contributed by atoms with E-state index in [1.165, 1.54) is 12.5 Å². The molecule has 7 nitrogen and oxygen atoms in total. The summed E-state index contributed by atoms with van der Waals surface area (Å²) in [5.41, 5.74) is 2.50. The highest BCUT2D eigenvalue weighted by Gasteiger charge is 2.42. The van der Waals surface area contributed by atoms with Gasteiger partial charge in [0.05, 0.1) is 42.5 Å². The summed E-state index contributed by atoms with van der Waals surface area (Å²) in [4.78, 5) is 12.0. The molecule has 0 saturated carbocycles. The molecule has 0 radical (unpaired) electrons. The first-order chi connectivity index (χ1) is 17.9. The topological polar surface area (TPSA) is 109 Å². The molecule has 2 aliphatic heterocycles. The predicted molar refractivity (Wildman–Crippen MR) is 136 cm³/mol. The summed E-state index contributed by atoms with van der Waals surface area (Å²) in [5.74, 6) is -0.537. The minimum Gasteiger partial charge on any atom is -0.489 e. The highest BCUT2D eigenvalue weighted by molar-refractivity contribution is 6.05. The lowest BCUT2D eigenvalue weighted by Crippen LogP contribution is -2.39. The molecule has 1 saturated heterocycles. The Hall–Kier alpha value is -3.91. The van der Waals surface area contributed by atoms with Crippen LogP contribution in [0.5, 0.6) is 5.75 Å². The first kappa shape index (κ1) is 23.5. The molecule has 0 spiro atoms. The highest BCUT2D eigenvalue weighted by atomic mass is 16.5. The third-order valence-electron chi connectivity index (χ3n) is 7.26. The van der Waals surface area contributed by atoms with Crippen LogP contribution in [0.3, 0.4) is 0 Å². The van der Waals surface area contributed by atoms with Crippen molar-refractivity contribution in [1.82, 2.24) is 0 Å². The van der Waals surface area contributed by atoms with Crippen LogP contribution in [0.15, 0.2) is 83.7 Å². The van der Waals surface area contributed by atoms with E-state index in [9.17, 15) is 20.1 Å². The van der Waals surface area contributed by atoms with E-state index in [0.29, 0.717) is 40.7 Å². The molecule has 6 rings (SSSR count). The summed E-state index contributed by atoms with van der Waals surface area (Å²) >= 11 is 0. The first-order valence-corrected chi connectivity index (χ1v) is 12.2. The van der Waals surface area contributed by atoms with Crippen LogP contribution in [0, 0.1) is 0 Å². The van der Waals surface area contributed by atoms with Gasteiger partial charge in [-0.15, -0.1) is 0 Å². The maximum absolute atomic E-state index is 12.0. The van der Waals surface area contributed by atoms with Crippen LogP contribution in [-0.2, 0) is 23.6 Å². The quantitative estimate of drug-likeness (QED) is 0.302. The van der Waals surface area contributed by atoms with Crippen LogP contribution in [0.25, 0.3) is 21.9 Å². The number of carboxylic acid groups (broad SMARTS) is 1. The molecule has 3 N–H and O–H groups in total. The molecule has 3 aromatic carbocycles. The zero-order valence-electron chi connectivity index (χ0n) is 20.0. The number of aromatic carboxylic acids is 1. The van der Waals surface area contributed by atoms with Gasteiger partial charge in [-0.25, -0.2) is 4.79 Å². The molecule has 7 heteroatoms. The molecule has 1 aromatic heterocycles. The lowest BCUT2D eigenvalue weighted by Gasteiger charge is -2.37. The summed E-state index contributed by atoms with van der Waals surface area (Å²) < 4.78 is 17.1. The average molecular weight is 499 g/mol. The second-order valence-electron chi connectivity index (χ2n) is 9.66. The van der Waals surface area contributed by atoms with Crippen molar-refractivity contribution in [2.24, 2.45) is 0 Å². The number of carboxylic acids is 1. The Bertz CT molecular complexity index is 1490. The van der Waals surface area contributed by atoms with Gasteiger partial charge in [0.1, 0.15) is 12.4 Å². The summed E-state index contributed by atoms with van der Waals surface area (Å²) in [7, 11) is 0. The maximum Gasteiger partial charge on any atom is 0.336 e. The fraction of sp³-hybridized carbons (Fsp3) is 0.233. The average Bonchev–Trinajstić information content (AvgIpc) is 3.56. The second kappa shape index (κ2) is 9.19.